The van der Waals surface area contributed by atoms with Gasteiger partial charge in [0.1, 0.15) is 17.6 Å². The van der Waals surface area contributed by atoms with E-state index in [0.717, 1.165) is 29.7 Å². The summed E-state index contributed by atoms with van der Waals surface area (Å²) in [7, 11) is 0. The molecule has 0 saturated heterocycles. The van der Waals surface area contributed by atoms with Crippen molar-refractivity contribution in [2.45, 2.75) is 40.0 Å². The van der Waals surface area contributed by atoms with Crippen LogP contribution in [0, 0.1) is 22.7 Å². The fourth-order valence-electron chi connectivity index (χ4n) is 4.25. The number of carbonyl (C=O) groups excluding carboxylic acids is 3. The van der Waals surface area contributed by atoms with Crippen LogP contribution in [0.3, 0.4) is 0 Å². The molecule has 2 aliphatic rings. The largest absolute Gasteiger partial charge is 0.315 e. The van der Waals surface area contributed by atoms with Crippen molar-refractivity contribution < 1.29 is 14.4 Å². The van der Waals surface area contributed by atoms with Crippen molar-refractivity contribution >= 4 is 39.6 Å². The number of carbonyl (C=O) groups is 3. The van der Waals surface area contributed by atoms with Gasteiger partial charge in [-0.1, -0.05) is 32.9 Å². The number of benzene rings is 1. The van der Waals surface area contributed by atoms with Gasteiger partial charge in [-0.3, -0.25) is 19.3 Å². The molecular formula is C23H23N3O3S. The predicted octanol–water partition coefficient (Wildman–Crippen LogP) is 3.94. The Hall–Kier alpha value is -2.98. The van der Waals surface area contributed by atoms with Gasteiger partial charge in [-0.25, -0.2) is 0 Å². The molecule has 1 atom stereocenters. The van der Waals surface area contributed by atoms with Gasteiger partial charge in [0.05, 0.1) is 16.8 Å². The van der Waals surface area contributed by atoms with Gasteiger partial charge < -0.3 is 5.32 Å². The summed E-state index contributed by atoms with van der Waals surface area (Å²) >= 11 is 1.45. The summed E-state index contributed by atoms with van der Waals surface area (Å²) in [5.41, 5.74) is 2.51. The number of nitriles is 1. The highest BCUT2D eigenvalue weighted by atomic mass is 32.1. The number of nitrogens with zero attached hydrogens (tertiary/aromatic N) is 2. The van der Waals surface area contributed by atoms with Gasteiger partial charge in [0, 0.05) is 4.88 Å². The van der Waals surface area contributed by atoms with Crippen LogP contribution in [0.1, 0.15) is 53.6 Å². The Labute approximate surface area is 179 Å². The Morgan fingerprint density at radius 3 is 2.73 bits per heavy atom. The quantitative estimate of drug-likeness (QED) is 0.760. The maximum atomic E-state index is 12.7. The first-order valence-corrected chi connectivity index (χ1v) is 10.8. The Balaban J connectivity index is 1.54. The van der Waals surface area contributed by atoms with Crippen molar-refractivity contribution in [1.29, 1.82) is 5.26 Å². The van der Waals surface area contributed by atoms with Crippen LogP contribution in [0.5, 0.6) is 0 Å². The molecule has 154 valence electrons. The number of hydrogen-bond acceptors (Lipinski definition) is 5. The molecule has 1 aliphatic carbocycles. The summed E-state index contributed by atoms with van der Waals surface area (Å²) in [4.78, 5) is 39.5. The first-order chi connectivity index (χ1) is 14.2. The second kappa shape index (κ2) is 7.37. The first-order valence-electron chi connectivity index (χ1n) is 10.0. The van der Waals surface area contributed by atoms with Gasteiger partial charge >= 0.3 is 0 Å². The average Bonchev–Trinajstić information content (AvgIpc) is 3.16. The normalized spacial score (nSPS) is 18.1. The standard InChI is InChI=1S/C23H23N3O3S/c1-23(2,3)13-8-9-14-16(11-24)21(30-18(14)10-13)25-19(27)12-26-17-7-5-4-6-15(17)20(28)22(26)29/h4-7,13H,8-10,12H2,1-3H3,(H,25,27)/t13-/m1/s1. The van der Waals surface area contributed by atoms with Crippen LogP contribution in [0.4, 0.5) is 10.7 Å². The van der Waals surface area contributed by atoms with Crippen molar-refractivity contribution in [2.75, 3.05) is 16.8 Å². The van der Waals surface area contributed by atoms with Crippen LogP contribution < -0.4 is 10.2 Å². The summed E-state index contributed by atoms with van der Waals surface area (Å²) in [6.07, 6.45) is 2.76. The van der Waals surface area contributed by atoms with Crippen molar-refractivity contribution in [3.8, 4) is 6.07 Å². The molecule has 0 unspecified atom stereocenters. The van der Waals surface area contributed by atoms with Crippen LogP contribution in [-0.2, 0) is 22.4 Å². The van der Waals surface area contributed by atoms with Crippen molar-refractivity contribution in [3.63, 3.8) is 0 Å². The Kier molecular flexibility index (Phi) is 4.99. The lowest BCUT2D eigenvalue weighted by Crippen LogP contribution is -2.37. The van der Waals surface area contributed by atoms with Gasteiger partial charge in [0.15, 0.2) is 0 Å². The molecule has 2 heterocycles. The second-order valence-corrected chi connectivity index (χ2v) is 10.0. The Morgan fingerprint density at radius 1 is 1.30 bits per heavy atom. The topological polar surface area (TPSA) is 90.3 Å². The number of thiophene rings is 1. The molecule has 7 heteroatoms. The fraction of sp³-hybridized carbons (Fsp3) is 0.391. The highest BCUT2D eigenvalue weighted by molar-refractivity contribution is 7.16. The number of ketones is 1. The second-order valence-electron chi connectivity index (χ2n) is 8.91. The van der Waals surface area contributed by atoms with E-state index in [-0.39, 0.29) is 12.0 Å². The van der Waals surface area contributed by atoms with Gasteiger partial charge in [0.25, 0.3) is 11.7 Å². The van der Waals surface area contributed by atoms with Crippen LogP contribution in [0.2, 0.25) is 0 Å². The molecule has 0 radical (unpaired) electrons. The molecule has 2 amide bonds. The Morgan fingerprint density at radius 2 is 2.03 bits per heavy atom. The molecule has 4 rings (SSSR count). The number of fused-ring (bicyclic) bond motifs is 2. The third-order valence-corrected chi connectivity index (χ3v) is 7.21. The number of rotatable bonds is 3. The maximum Gasteiger partial charge on any atom is 0.299 e. The molecule has 0 saturated carbocycles. The highest BCUT2D eigenvalue weighted by Gasteiger charge is 2.37. The molecule has 1 aromatic heterocycles. The van der Waals surface area contributed by atoms with E-state index >= 15 is 0 Å². The summed E-state index contributed by atoms with van der Waals surface area (Å²) in [6.45, 7) is 6.43. The zero-order valence-electron chi connectivity index (χ0n) is 17.2. The molecule has 30 heavy (non-hydrogen) atoms. The van der Waals surface area contributed by atoms with E-state index in [0.29, 0.717) is 27.7 Å². The van der Waals surface area contributed by atoms with E-state index in [4.69, 9.17) is 0 Å². The van der Waals surface area contributed by atoms with Crippen molar-refractivity contribution in [1.82, 2.24) is 0 Å². The average molecular weight is 422 g/mol. The molecule has 0 spiro atoms. The smallest absolute Gasteiger partial charge is 0.299 e. The van der Waals surface area contributed by atoms with Crippen LogP contribution in [0.25, 0.3) is 0 Å². The minimum atomic E-state index is -0.703. The number of para-hydroxylation sites is 1. The lowest BCUT2D eigenvalue weighted by atomic mass is 9.72. The van der Waals surface area contributed by atoms with Gasteiger partial charge in [0.2, 0.25) is 5.91 Å². The molecule has 2 aromatic rings. The molecule has 0 bridgehead atoms. The number of nitrogens with one attached hydrogen (secondary N) is 1. The predicted molar refractivity (Wildman–Crippen MR) is 116 cm³/mol. The molecular weight excluding hydrogens is 398 g/mol. The van der Waals surface area contributed by atoms with Crippen LogP contribution in [-0.4, -0.2) is 24.1 Å². The van der Waals surface area contributed by atoms with Gasteiger partial charge in [-0.2, -0.15) is 5.26 Å². The molecule has 1 aliphatic heterocycles. The van der Waals surface area contributed by atoms with Gasteiger partial charge in [-0.15, -0.1) is 11.3 Å². The fourth-order valence-corrected chi connectivity index (χ4v) is 5.54. The van der Waals surface area contributed by atoms with E-state index in [1.165, 1.54) is 16.2 Å². The van der Waals surface area contributed by atoms with E-state index in [1.807, 2.05) is 0 Å². The Bertz CT molecular complexity index is 1100. The lowest BCUT2D eigenvalue weighted by Gasteiger charge is -2.33. The number of anilines is 2. The molecule has 1 aromatic carbocycles. The SMILES string of the molecule is CC(C)(C)[C@@H]1CCc2c(sc(NC(=O)CN3C(=O)C(=O)c4ccccc43)c2C#N)C1. The van der Waals surface area contributed by atoms with Crippen LogP contribution in [0.15, 0.2) is 24.3 Å². The van der Waals surface area contributed by atoms with Gasteiger partial charge in [-0.05, 0) is 48.3 Å². The number of hydrogen-bond donors (Lipinski definition) is 1. The molecule has 0 fully saturated rings. The summed E-state index contributed by atoms with van der Waals surface area (Å²) < 4.78 is 0. The van der Waals surface area contributed by atoms with Crippen molar-refractivity contribution in [3.05, 3.63) is 45.8 Å². The third kappa shape index (κ3) is 3.41. The van der Waals surface area contributed by atoms with Crippen LogP contribution >= 0.6 is 11.3 Å². The summed E-state index contributed by atoms with van der Waals surface area (Å²) in [5, 5.41) is 13.0. The summed E-state index contributed by atoms with van der Waals surface area (Å²) in [5.74, 6) is -1.19. The monoisotopic (exact) mass is 421 g/mol. The summed E-state index contributed by atoms with van der Waals surface area (Å²) in [6, 6.07) is 8.90. The first kappa shape index (κ1) is 20.3. The van der Waals surface area contributed by atoms with E-state index < -0.39 is 17.6 Å². The van der Waals surface area contributed by atoms with E-state index in [9.17, 15) is 19.6 Å². The maximum absolute atomic E-state index is 12.7. The minimum Gasteiger partial charge on any atom is -0.315 e. The lowest BCUT2D eigenvalue weighted by molar-refractivity contribution is -0.118. The highest BCUT2D eigenvalue weighted by Crippen LogP contribution is 2.44. The van der Waals surface area contributed by atoms with E-state index in [2.05, 4.69) is 32.2 Å². The minimum absolute atomic E-state index is 0.188. The van der Waals surface area contributed by atoms with Crippen molar-refractivity contribution in [2.24, 2.45) is 11.3 Å². The zero-order valence-corrected chi connectivity index (χ0v) is 18.1. The molecule has 1 N–H and O–H groups in total. The van der Waals surface area contributed by atoms with E-state index in [1.54, 1.807) is 24.3 Å². The number of amides is 2. The zero-order chi connectivity index (χ0) is 21.6. The number of Topliss-reactive ketones (excluding diaryl/α,β-unsaturated/α-hetero) is 1. The molecule has 6 nitrogen and oxygen atoms in total. The third-order valence-electron chi connectivity index (χ3n) is 6.04.